The van der Waals surface area contributed by atoms with Gasteiger partial charge in [0.05, 0.1) is 0 Å². The highest BCUT2D eigenvalue weighted by Crippen LogP contribution is 2.31. The van der Waals surface area contributed by atoms with Crippen LogP contribution in [0.5, 0.6) is 0 Å². The van der Waals surface area contributed by atoms with Gasteiger partial charge in [0.15, 0.2) is 0 Å². The summed E-state index contributed by atoms with van der Waals surface area (Å²) < 4.78 is 0. The van der Waals surface area contributed by atoms with Crippen LogP contribution in [0.1, 0.15) is 25.8 Å². The average molecular weight is 296 g/mol. The number of hydrogen-bond acceptors (Lipinski definition) is 2. The number of H-pyrrole nitrogens is 1. The summed E-state index contributed by atoms with van der Waals surface area (Å²) in [5, 5.41) is 9.95. The van der Waals surface area contributed by atoms with Crippen molar-refractivity contribution in [3.63, 3.8) is 0 Å². The molecule has 0 amide bonds. The first-order valence-electron chi connectivity index (χ1n) is 7.47. The normalized spacial score (nSPS) is 10.1. The number of carboxylic acid groups (broad SMARTS) is 1. The Morgan fingerprint density at radius 2 is 1.91 bits per heavy atom. The first-order chi connectivity index (χ1) is 10.8. The highest BCUT2D eigenvalue weighted by molar-refractivity contribution is 5.97. The molecule has 3 rings (SSSR count). The van der Waals surface area contributed by atoms with E-state index in [9.17, 15) is 4.79 Å². The minimum Gasteiger partial charge on any atom is -0.481 e. The van der Waals surface area contributed by atoms with Crippen molar-refractivity contribution in [2.24, 2.45) is 0 Å². The summed E-state index contributed by atoms with van der Waals surface area (Å²) in [6, 6.07) is 9.97. The number of nitrogens with one attached hydrogen (secondary N) is 1. The number of aromatic nitrogens is 2. The number of rotatable bonds is 4. The van der Waals surface area contributed by atoms with E-state index in [1.807, 2.05) is 44.3 Å². The third-order valence-electron chi connectivity index (χ3n) is 3.39. The number of hydrogen-bond donors (Lipinski definition) is 2. The number of carbonyl (C=O) groups is 1. The van der Waals surface area contributed by atoms with E-state index in [0.29, 0.717) is 6.42 Å². The fraction of sp³-hybridized carbons (Fsp3) is 0.222. The van der Waals surface area contributed by atoms with Crippen LogP contribution in [0.25, 0.3) is 22.0 Å². The van der Waals surface area contributed by atoms with Gasteiger partial charge in [0.1, 0.15) is 0 Å². The number of benzene rings is 1. The third kappa shape index (κ3) is 3.34. The second kappa shape index (κ2) is 7.41. The van der Waals surface area contributed by atoms with Gasteiger partial charge in [-0.05, 0) is 41.3 Å². The number of carboxylic acids is 1. The van der Waals surface area contributed by atoms with Crippen molar-refractivity contribution >= 4 is 16.9 Å². The maximum atomic E-state index is 10.8. The molecule has 0 saturated carbocycles. The highest BCUT2D eigenvalue weighted by atomic mass is 16.4. The monoisotopic (exact) mass is 296 g/mol. The summed E-state index contributed by atoms with van der Waals surface area (Å²) in [6.07, 6.45) is 6.09. The molecular formula is C18H20N2O2. The molecule has 1 aromatic carbocycles. The molecule has 0 bridgehead atoms. The Balaban J connectivity index is 0.000000847. The van der Waals surface area contributed by atoms with E-state index in [4.69, 9.17) is 5.11 Å². The van der Waals surface area contributed by atoms with Gasteiger partial charge in [-0.25, -0.2) is 0 Å². The van der Waals surface area contributed by atoms with Gasteiger partial charge in [-0.3, -0.25) is 9.78 Å². The molecule has 4 nitrogen and oxygen atoms in total. The van der Waals surface area contributed by atoms with Crippen LogP contribution in [0.15, 0.2) is 48.9 Å². The van der Waals surface area contributed by atoms with E-state index in [0.717, 1.165) is 27.6 Å². The standard InChI is InChI=1S/C16H14N2O2.C2H6/c19-15(20)5-4-12-10-18-14-3-1-2-13(16(12)14)11-6-8-17-9-7-11;1-2/h1-3,6-10,18H,4-5H2,(H,19,20);1-2H3. The average Bonchev–Trinajstić information content (AvgIpc) is 2.99. The second-order valence-electron chi connectivity index (χ2n) is 4.67. The van der Waals surface area contributed by atoms with Gasteiger partial charge >= 0.3 is 5.97 Å². The minimum absolute atomic E-state index is 0.137. The lowest BCUT2D eigenvalue weighted by molar-refractivity contribution is -0.136. The maximum absolute atomic E-state index is 10.8. The molecule has 0 aliphatic rings. The van der Waals surface area contributed by atoms with Crippen LogP contribution < -0.4 is 0 Å². The van der Waals surface area contributed by atoms with E-state index >= 15 is 0 Å². The molecule has 0 aliphatic heterocycles. The summed E-state index contributed by atoms with van der Waals surface area (Å²) in [6.45, 7) is 4.00. The molecule has 0 fully saturated rings. The van der Waals surface area contributed by atoms with Crippen molar-refractivity contribution in [2.75, 3.05) is 0 Å². The van der Waals surface area contributed by atoms with Crippen molar-refractivity contribution in [1.82, 2.24) is 9.97 Å². The van der Waals surface area contributed by atoms with Crippen LogP contribution in [0, 0.1) is 0 Å². The van der Waals surface area contributed by atoms with Crippen LogP contribution in [0.3, 0.4) is 0 Å². The summed E-state index contributed by atoms with van der Waals surface area (Å²) in [4.78, 5) is 18.0. The first-order valence-corrected chi connectivity index (χ1v) is 7.47. The zero-order valence-corrected chi connectivity index (χ0v) is 12.8. The van der Waals surface area contributed by atoms with E-state index in [-0.39, 0.29) is 6.42 Å². The lowest BCUT2D eigenvalue weighted by Crippen LogP contribution is -1.97. The van der Waals surface area contributed by atoms with Crippen molar-refractivity contribution in [2.45, 2.75) is 26.7 Å². The quantitative estimate of drug-likeness (QED) is 0.755. The minimum atomic E-state index is -0.777. The Morgan fingerprint density at radius 3 is 2.59 bits per heavy atom. The molecule has 0 unspecified atom stereocenters. The predicted octanol–water partition coefficient (Wildman–Crippen LogP) is 4.27. The smallest absolute Gasteiger partial charge is 0.303 e. The molecule has 22 heavy (non-hydrogen) atoms. The highest BCUT2D eigenvalue weighted by Gasteiger charge is 2.11. The van der Waals surface area contributed by atoms with Gasteiger partial charge in [0.2, 0.25) is 0 Å². The molecular weight excluding hydrogens is 276 g/mol. The lowest BCUT2D eigenvalue weighted by Gasteiger charge is -2.06. The number of aryl methyl sites for hydroxylation is 1. The number of aromatic amines is 1. The van der Waals surface area contributed by atoms with Crippen molar-refractivity contribution in [1.29, 1.82) is 0 Å². The summed E-state index contributed by atoms with van der Waals surface area (Å²) in [7, 11) is 0. The second-order valence-corrected chi connectivity index (χ2v) is 4.67. The van der Waals surface area contributed by atoms with Gasteiger partial charge in [0.25, 0.3) is 0 Å². The fourth-order valence-electron chi connectivity index (χ4n) is 2.47. The van der Waals surface area contributed by atoms with Gasteiger partial charge < -0.3 is 10.1 Å². The zero-order valence-electron chi connectivity index (χ0n) is 12.8. The summed E-state index contributed by atoms with van der Waals surface area (Å²) in [5.41, 5.74) is 4.25. The Morgan fingerprint density at radius 1 is 1.18 bits per heavy atom. The van der Waals surface area contributed by atoms with E-state index < -0.39 is 5.97 Å². The van der Waals surface area contributed by atoms with Crippen LogP contribution in [0.2, 0.25) is 0 Å². The molecule has 3 aromatic rings. The van der Waals surface area contributed by atoms with Gasteiger partial charge in [0, 0.05) is 35.9 Å². The summed E-state index contributed by atoms with van der Waals surface area (Å²) >= 11 is 0. The molecule has 0 aliphatic carbocycles. The fourth-order valence-corrected chi connectivity index (χ4v) is 2.47. The maximum Gasteiger partial charge on any atom is 0.303 e. The van der Waals surface area contributed by atoms with Crippen LogP contribution >= 0.6 is 0 Å². The summed E-state index contributed by atoms with van der Waals surface area (Å²) in [5.74, 6) is -0.777. The number of pyridine rings is 1. The predicted molar refractivity (Wildman–Crippen MR) is 88.8 cm³/mol. The van der Waals surface area contributed by atoms with Crippen molar-refractivity contribution < 1.29 is 9.90 Å². The number of fused-ring (bicyclic) bond motifs is 1. The number of nitrogens with zero attached hydrogens (tertiary/aromatic N) is 1. The molecule has 0 spiro atoms. The van der Waals surface area contributed by atoms with Crippen molar-refractivity contribution in [3.05, 3.63) is 54.5 Å². The lowest BCUT2D eigenvalue weighted by atomic mass is 9.98. The van der Waals surface area contributed by atoms with E-state index in [1.165, 1.54) is 0 Å². The SMILES string of the molecule is CC.O=C(O)CCc1c[nH]c2cccc(-c3ccncc3)c12. The Bertz CT molecular complexity index is 748. The molecule has 0 radical (unpaired) electrons. The largest absolute Gasteiger partial charge is 0.481 e. The van der Waals surface area contributed by atoms with Crippen LogP contribution in [0.4, 0.5) is 0 Å². The van der Waals surface area contributed by atoms with Gasteiger partial charge in [-0.1, -0.05) is 26.0 Å². The number of aliphatic carboxylic acids is 1. The Kier molecular flexibility index (Phi) is 5.31. The van der Waals surface area contributed by atoms with Crippen LogP contribution in [-0.4, -0.2) is 21.0 Å². The molecule has 2 N–H and O–H groups in total. The Labute approximate surface area is 129 Å². The molecule has 114 valence electrons. The molecule has 2 aromatic heterocycles. The van der Waals surface area contributed by atoms with Gasteiger partial charge in [-0.2, -0.15) is 0 Å². The molecule has 0 saturated heterocycles. The van der Waals surface area contributed by atoms with Crippen molar-refractivity contribution in [3.8, 4) is 11.1 Å². The van der Waals surface area contributed by atoms with Gasteiger partial charge in [-0.15, -0.1) is 0 Å². The van der Waals surface area contributed by atoms with Crippen LogP contribution in [-0.2, 0) is 11.2 Å². The third-order valence-corrected chi connectivity index (χ3v) is 3.39. The Hall–Kier alpha value is -2.62. The molecule has 0 atom stereocenters. The zero-order chi connectivity index (χ0) is 15.9. The topological polar surface area (TPSA) is 66.0 Å². The first kappa shape index (κ1) is 15.8. The molecule has 2 heterocycles. The van der Waals surface area contributed by atoms with E-state index in [2.05, 4.69) is 16.0 Å². The van der Waals surface area contributed by atoms with E-state index in [1.54, 1.807) is 12.4 Å². The molecule has 4 heteroatoms.